The lowest BCUT2D eigenvalue weighted by atomic mass is 9.89. The van der Waals surface area contributed by atoms with Gasteiger partial charge in [0.05, 0.1) is 0 Å². The summed E-state index contributed by atoms with van der Waals surface area (Å²) in [5, 5.41) is 7.93. The van der Waals surface area contributed by atoms with Crippen molar-refractivity contribution in [3.05, 3.63) is 53.7 Å². The average Bonchev–Trinajstić information content (AvgIpc) is 3.06. The minimum absolute atomic E-state index is 0.118. The first-order valence-electron chi connectivity index (χ1n) is 8.24. The summed E-state index contributed by atoms with van der Waals surface area (Å²) in [6.45, 7) is 3.57. The minimum atomic E-state index is -0.118. The summed E-state index contributed by atoms with van der Waals surface area (Å²) in [6.07, 6.45) is 3.60. The third-order valence-corrected chi connectivity index (χ3v) is 4.72. The highest BCUT2D eigenvalue weighted by Gasteiger charge is 2.26. The van der Waals surface area contributed by atoms with Gasteiger partial charge >= 0.3 is 6.03 Å². The topological polar surface area (TPSA) is 63.9 Å². The molecule has 122 valence electrons. The average molecular weight is 321 g/mol. The highest BCUT2D eigenvalue weighted by Crippen LogP contribution is 2.28. The van der Waals surface area contributed by atoms with Gasteiger partial charge in [-0.1, -0.05) is 35.0 Å². The van der Waals surface area contributed by atoms with Gasteiger partial charge in [-0.3, -0.25) is 0 Å². The Kier molecular flexibility index (Phi) is 3.72. The molecule has 0 saturated carbocycles. The molecule has 0 unspecified atom stereocenters. The second-order valence-electron chi connectivity index (χ2n) is 6.30. The molecule has 2 aromatic heterocycles. The van der Waals surface area contributed by atoms with Gasteiger partial charge in [0.1, 0.15) is 5.52 Å². The van der Waals surface area contributed by atoms with E-state index in [2.05, 4.69) is 46.5 Å². The molecule has 1 saturated heterocycles. The molecule has 4 rings (SSSR count). The number of rotatable bonds is 1. The summed E-state index contributed by atoms with van der Waals surface area (Å²) in [5.74, 6) is 0.517. The Morgan fingerprint density at radius 1 is 1.12 bits per heavy atom. The maximum absolute atomic E-state index is 12.7. The van der Waals surface area contributed by atoms with Gasteiger partial charge in [0, 0.05) is 19.3 Å². The normalized spacial score (nSPS) is 15.8. The molecule has 1 aliphatic rings. The van der Waals surface area contributed by atoms with Crippen LogP contribution < -0.4 is 0 Å². The number of aromatic nitrogens is 4. The fraction of sp³-hybridized carbons (Fsp3) is 0.333. The van der Waals surface area contributed by atoms with Gasteiger partial charge < -0.3 is 4.90 Å². The molecule has 0 spiro atoms. The van der Waals surface area contributed by atoms with Crippen LogP contribution in [0.4, 0.5) is 4.79 Å². The summed E-state index contributed by atoms with van der Waals surface area (Å²) >= 11 is 0. The van der Waals surface area contributed by atoms with Crippen LogP contribution in [0, 0.1) is 6.92 Å². The molecule has 0 N–H and O–H groups in total. The third-order valence-electron chi connectivity index (χ3n) is 4.72. The number of pyridine rings is 1. The van der Waals surface area contributed by atoms with Crippen molar-refractivity contribution >= 4 is 17.2 Å². The number of aryl methyl sites for hydroxylation is 1. The van der Waals surface area contributed by atoms with Crippen molar-refractivity contribution in [2.75, 3.05) is 13.1 Å². The largest absolute Gasteiger partial charge is 0.346 e. The zero-order valence-corrected chi connectivity index (χ0v) is 13.6. The minimum Gasteiger partial charge on any atom is -0.323 e. The molecular formula is C18H19N5O. The van der Waals surface area contributed by atoms with Crippen LogP contribution in [0.2, 0.25) is 0 Å². The number of hydrogen-bond acceptors (Lipinski definition) is 4. The van der Waals surface area contributed by atoms with E-state index in [4.69, 9.17) is 0 Å². The van der Waals surface area contributed by atoms with Crippen molar-refractivity contribution in [2.45, 2.75) is 25.7 Å². The van der Waals surface area contributed by atoms with Crippen LogP contribution in [-0.2, 0) is 0 Å². The van der Waals surface area contributed by atoms with Crippen molar-refractivity contribution in [3.63, 3.8) is 0 Å². The molecule has 24 heavy (non-hydrogen) atoms. The van der Waals surface area contributed by atoms with Crippen LogP contribution in [0.1, 0.15) is 29.9 Å². The second kappa shape index (κ2) is 6.03. The van der Waals surface area contributed by atoms with Crippen LogP contribution in [0.25, 0.3) is 11.2 Å². The predicted octanol–water partition coefficient (Wildman–Crippen LogP) is 2.98. The Morgan fingerprint density at radius 2 is 1.88 bits per heavy atom. The molecule has 3 aromatic rings. The van der Waals surface area contributed by atoms with Crippen molar-refractivity contribution in [2.24, 2.45) is 0 Å². The van der Waals surface area contributed by atoms with Crippen LogP contribution >= 0.6 is 0 Å². The molecule has 0 atom stereocenters. The van der Waals surface area contributed by atoms with Gasteiger partial charge in [0.2, 0.25) is 5.65 Å². The van der Waals surface area contributed by atoms with E-state index in [1.54, 1.807) is 12.3 Å². The monoisotopic (exact) mass is 321 g/mol. The number of nitrogens with zero attached hydrogens (tertiary/aromatic N) is 5. The van der Waals surface area contributed by atoms with Gasteiger partial charge in [-0.25, -0.2) is 9.78 Å². The molecule has 6 nitrogen and oxygen atoms in total. The third kappa shape index (κ3) is 2.64. The van der Waals surface area contributed by atoms with E-state index in [0.717, 1.165) is 25.9 Å². The van der Waals surface area contributed by atoms with Crippen LogP contribution in [0.15, 0.2) is 42.6 Å². The van der Waals surface area contributed by atoms with E-state index >= 15 is 0 Å². The first-order valence-corrected chi connectivity index (χ1v) is 8.24. The number of fused-ring (bicyclic) bond motifs is 1. The molecule has 3 heterocycles. The number of piperidine rings is 1. The molecule has 6 heteroatoms. The standard InChI is InChI=1S/C18H19N5O/c1-13-4-6-14(7-5-13)15-8-11-22(12-9-15)18(24)23-16-3-2-10-19-17(16)20-21-23/h2-7,10,15H,8-9,11-12H2,1H3. The number of hydrogen-bond donors (Lipinski definition) is 0. The lowest BCUT2D eigenvalue weighted by molar-refractivity contribution is 0.180. The van der Waals surface area contributed by atoms with Crippen molar-refractivity contribution in [3.8, 4) is 0 Å². The summed E-state index contributed by atoms with van der Waals surface area (Å²) < 4.78 is 1.36. The molecule has 1 aromatic carbocycles. The quantitative estimate of drug-likeness (QED) is 0.691. The number of likely N-dealkylation sites (tertiary alicyclic amines) is 1. The van der Waals surface area contributed by atoms with Crippen LogP contribution in [0.3, 0.4) is 0 Å². The first kappa shape index (κ1) is 14.8. The van der Waals surface area contributed by atoms with E-state index < -0.39 is 0 Å². The molecule has 0 bridgehead atoms. The summed E-state index contributed by atoms with van der Waals surface area (Å²) in [5.41, 5.74) is 3.80. The van der Waals surface area contributed by atoms with E-state index in [0.29, 0.717) is 17.1 Å². The molecule has 0 radical (unpaired) electrons. The Morgan fingerprint density at radius 3 is 2.62 bits per heavy atom. The highest BCUT2D eigenvalue weighted by atomic mass is 16.2. The SMILES string of the molecule is Cc1ccc(C2CCN(C(=O)n3nnc4ncccc43)CC2)cc1. The zero-order chi connectivity index (χ0) is 16.5. The number of carbonyl (C=O) groups excluding carboxylic acids is 1. The van der Waals surface area contributed by atoms with Gasteiger partial charge in [0.15, 0.2) is 0 Å². The zero-order valence-electron chi connectivity index (χ0n) is 13.6. The van der Waals surface area contributed by atoms with Crippen LogP contribution in [-0.4, -0.2) is 44.0 Å². The molecule has 1 aliphatic heterocycles. The number of carbonyl (C=O) groups is 1. The fourth-order valence-corrected chi connectivity index (χ4v) is 3.28. The van der Waals surface area contributed by atoms with Gasteiger partial charge in [-0.15, -0.1) is 5.10 Å². The Hall–Kier alpha value is -2.76. The Labute approximate surface area is 140 Å². The van der Waals surface area contributed by atoms with E-state index in [-0.39, 0.29) is 6.03 Å². The van der Waals surface area contributed by atoms with Crippen molar-refractivity contribution in [1.29, 1.82) is 0 Å². The van der Waals surface area contributed by atoms with Crippen LogP contribution in [0.5, 0.6) is 0 Å². The Balaban J connectivity index is 1.47. The van der Waals surface area contributed by atoms with Crippen molar-refractivity contribution in [1.82, 2.24) is 24.9 Å². The summed E-state index contributed by atoms with van der Waals surface area (Å²) in [4.78, 5) is 18.7. The molecule has 0 aliphatic carbocycles. The van der Waals surface area contributed by atoms with E-state index in [9.17, 15) is 4.79 Å². The number of amides is 1. The molecule has 1 amide bonds. The Bertz CT molecular complexity index is 863. The predicted molar refractivity (Wildman–Crippen MR) is 90.8 cm³/mol. The fourth-order valence-electron chi connectivity index (χ4n) is 3.28. The maximum Gasteiger partial charge on any atom is 0.346 e. The highest BCUT2D eigenvalue weighted by molar-refractivity contribution is 5.86. The van der Waals surface area contributed by atoms with Crippen molar-refractivity contribution < 1.29 is 4.79 Å². The number of benzene rings is 1. The van der Waals surface area contributed by atoms with E-state index in [1.807, 2.05) is 11.0 Å². The van der Waals surface area contributed by atoms with E-state index in [1.165, 1.54) is 15.8 Å². The van der Waals surface area contributed by atoms with Gasteiger partial charge in [-0.05, 0) is 43.4 Å². The first-order chi connectivity index (χ1) is 11.7. The lowest BCUT2D eigenvalue weighted by Crippen LogP contribution is -2.40. The second-order valence-corrected chi connectivity index (χ2v) is 6.30. The smallest absolute Gasteiger partial charge is 0.323 e. The summed E-state index contributed by atoms with van der Waals surface area (Å²) in [7, 11) is 0. The molecule has 1 fully saturated rings. The lowest BCUT2D eigenvalue weighted by Gasteiger charge is -2.31. The molecular weight excluding hydrogens is 302 g/mol. The maximum atomic E-state index is 12.7. The van der Waals surface area contributed by atoms with Gasteiger partial charge in [0.25, 0.3) is 0 Å². The van der Waals surface area contributed by atoms with Gasteiger partial charge in [-0.2, -0.15) is 4.68 Å². The summed E-state index contributed by atoms with van der Waals surface area (Å²) in [6, 6.07) is 12.2.